The van der Waals surface area contributed by atoms with Crippen molar-refractivity contribution in [1.29, 1.82) is 0 Å². The van der Waals surface area contributed by atoms with E-state index in [-0.39, 0.29) is 37.2 Å². The summed E-state index contributed by atoms with van der Waals surface area (Å²) >= 11 is 0. The van der Waals surface area contributed by atoms with Gasteiger partial charge in [-0.3, -0.25) is 4.79 Å². The highest BCUT2D eigenvalue weighted by atomic mass is 35.5. The molecule has 130 valence electrons. The maximum absolute atomic E-state index is 12.5. The molecule has 0 spiro atoms. The first-order chi connectivity index (χ1) is 10.5. The normalized spacial score (nSPS) is 18.0. The summed E-state index contributed by atoms with van der Waals surface area (Å²) in [5.41, 5.74) is -0.768. The Kier molecular flexibility index (Phi) is 7.60. The maximum atomic E-state index is 12.5. The first kappa shape index (κ1) is 19.5. The lowest BCUT2D eigenvalue weighted by Crippen LogP contribution is -2.48. The highest BCUT2D eigenvalue weighted by molar-refractivity contribution is 5.85. The molecule has 0 radical (unpaired) electrons. The van der Waals surface area contributed by atoms with Gasteiger partial charge in [-0.2, -0.15) is 13.2 Å². The van der Waals surface area contributed by atoms with E-state index in [1.807, 2.05) is 0 Å². The van der Waals surface area contributed by atoms with Crippen LogP contribution < -0.4 is 15.4 Å². The average molecular weight is 355 g/mol. The van der Waals surface area contributed by atoms with Crippen LogP contribution in [-0.2, 0) is 15.7 Å². The molecule has 1 aromatic rings. The molecular weight excluding hydrogens is 337 g/mol. The van der Waals surface area contributed by atoms with Crippen LogP contribution in [-0.4, -0.2) is 44.9 Å². The van der Waals surface area contributed by atoms with Crippen LogP contribution in [0.4, 0.5) is 13.2 Å². The third-order valence-electron chi connectivity index (χ3n) is 3.05. The van der Waals surface area contributed by atoms with Gasteiger partial charge in [0.25, 0.3) is 5.91 Å². The van der Waals surface area contributed by atoms with Crippen molar-refractivity contribution in [1.82, 2.24) is 10.6 Å². The first-order valence-corrected chi connectivity index (χ1v) is 6.87. The van der Waals surface area contributed by atoms with E-state index in [1.165, 1.54) is 12.1 Å². The second kappa shape index (κ2) is 8.95. The minimum atomic E-state index is -4.40. The lowest BCUT2D eigenvalue weighted by molar-refractivity contribution is -0.137. The molecule has 5 nitrogen and oxygen atoms in total. The van der Waals surface area contributed by atoms with Crippen LogP contribution in [0.2, 0.25) is 0 Å². The van der Waals surface area contributed by atoms with E-state index in [0.717, 1.165) is 12.1 Å². The van der Waals surface area contributed by atoms with Gasteiger partial charge >= 0.3 is 6.18 Å². The van der Waals surface area contributed by atoms with E-state index in [9.17, 15) is 18.0 Å². The molecule has 0 aromatic heterocycles. The molecule has 1 unspecified atom stereocenters. The number of carbonyl (C=O) groups excluding carboxylic acids is 1. The molecule has 9 heteroatoms. The zero-order valence-corrected chi connectivity index (χ0v) is 13.0. The third kappa shape index (κ3) is 6.25. The molecule has 1 aliphatic heterocycles. The zero-order chi connectivity index (χ0) is 16.0. The molecule has 0 aliphatic carbocycles. The average Bonchev–Trinajstić information content (AvgIpc) is 2.52. The van der Waals surface area contributed by atoms with Crippen molar-refractivity contribution in [2.45, 2.75) is 12.3 Å². The van der Waals surface area contributed by atoms with Gasteiger partial charge in [-0.25, -0.2) is 0 Å². The molecule has 2 N–H and O–H groups in total. The largest absolute Gasteiger partial charge is 0.492 e. The Bertz CT molecular complexity index is 508. The van der Waals surface area contributed by atoms with Gasteiger partial charge in [-0.15, -0.1) is 12.4 Å². The van der Waals surface area contributed by atoms with Gasteiger partial charge in [0.2, 0.25) is 0 Å². The van der Waals surface area contributed by atoms with Gasteiger partial charge in [-0.05, 0) is 18.2 Å². The van der Waals surface area contributed by atoms with Gasteiger partial charge in [0.15, 0.2) is 0 Å². The first-order valence-electron chi connectivity index (χ1n) is 6.87. The predicted octanol–water partition coefficient (Wildman–Crippen LogP) is 1.61. The van der Waals surface area contributed by atoms with Crippen LogP contribution in [0.3, 0.4) is 0 Å². The Morgan fingerprint density at radius 1 is 1.43 bits per heavy atom. The van der Waals surface area contributed by atoms with Crippen LogP contribution in [0.15, 0.2) is 24.3 Å². The number of halogens is 4. The van der Waals surface area contributed by atoms with Gasteiger partial charge in [0, 0.05) is 13.1 Å². The standard InChI is InChI=1S/C14H17F3N2O3.ClH/c15-14(16,17)10-2-1-3-11(8-10)21-7-5-19-13(20)12-9-18-4-6-22-12;/h1-3,8,12,18H,4-7,9H2,(H,19,20);1H. The molecule has 1 heterocycles. The van der Waals surface area contributed by atoms with E-state index >= 15 is 0 Å². The predicted molar refractivity (Wildman–Crippen MR) is 79.8 cm³/mol. The van der Waals surface area contributed by atoms with Crippen molar-refractivity contribution >= 4 is 18.3 Å². The molecule has 2 rings (SSSR count). The minimum Gasteiger partial charge on any atom is -0.492 e. The smallest absolute Gasteiger partial charge is 0.416 e. The number of alkyl halides is 3. The summed E-state index contributed by atoms with van der Waals surface area (Å²) < 4.78 is 48.1. The number of benzene rings is 1. The highest BCUT2D eigenvalue weighted by Gasteiger charge is 2.30. The van der Waals surface area contributed by atoms with Gasteiger partial charge in [0.05, 0.1) is 18.7 Å². The summed E-state index contributed by atoms with van der Waals surface area (Å²) in [6.45, 7) is 1.89. The van der Waals surface area contributed by atoms with Gasteiger partial charge < -0.3 is 20.1 Å². The summed E-state index contributed by atoms with van der Waals surface area (Å²) in [6, 6.07) is 4.61. The molecule has 1 saturated heterocycles. The lowest BCUT2D eigenvalue weighted by atomic mass is 10.2. The molecule has 1 aromatic carbocycles. The number of nitrogens with one attached hydrogen (secondary N) is 2. The van der Waals surface area contributed by atoms with Crippen LogP contribution in [0.25, 0.3) is 0 Å². The summed E-state index contributed by atoms with van der Waals surface area (Å²) in [5.74, 6) is -0.153. The number of morpholine rings is 1. The van der Waals surface area contributed by atoms with Gasteiger partial charge in [-0.1, -0.05) is 6.07 Å². The monoisotopic (exact) mass is 354 g/mol. The topological polar surface area (TPSA) is 59.6 Å². The molecule has 0 saturated carbocycles. The summed E-state index contributed by atoms with van der Waals surface area (Å²) in [4.78, 5) is 11.7. The second-order valence-electron chi connectivity index (χ2n) is 4.73. The fraction of sp³-hybridized carbons (Fsp3) is 0.500. The fourth-order valence-corrected chi connectivity index (χ4v) is 1.95. The van der Waals surface area contributed by atoms with Crippen molar-refractivity contribution in [2.75, 3.05) is 32.8 Å². The van der Waals surface area contributed by atoms with Crippen LogP contribution >= 0.6 is 12.4 Å². The van der Waals surface area contributed by atoms with Crippen LogP contribution in [0, 0.1) is 0 Å². The lowest BCUT2D eigenvalue weighted by Gasteiger charge is -2.22. The molecule has 1 atom stereocenters. The molecule has 1 aliphatic rings. The molecule has 1 fully saturated rings. The number of carbonyl (C=O) groups is 1. The Balaban J connectivity index is 0.00000264. The maximum Gasteiger partial charge on any atom is 0.416 e. The molecule has 23 heavy (non-hydrogen) atoms. The van der Waals surface area contributed by atoms with E-state index in [0.29, 0.717) is 19.7 Å². The van der Waals surface area contributed by atoms with Crippen molar-refractivity contribution < 1.29 is 27.4 Å². The van der Waals surface area contributed by atoms with E-state index in [4.69, 9.17) is 9.47 Å². The fourth-order valence-electron chi connectivity index (χ4n) is 1.95. The number of ether oxygens (including phenoxy) is 2. The zero-order valence-electron chi connectivity index (χ0n) is 12.2. The number of rotatable bonds is 5. The molecule has 0 bridgehead atoms. The van der Waals surface area contributed by atoms with E-state index in [2.05, 4.69) is 10.6 Å². The number of amides is 1. The van der Waals surface area contributed by atoms with Crippen LogP contribution in [0.1, 0.15) is 5.56 Å². The van der Waals surface area contributed by atoms with Crippen LogP contribution in [0.5, 0.6) is 5.75 Å². The van der Waals surface area contributed by atoms with Gasteiger partial charge in [0.1, 0.15) is 18.5 Å². The minimum absolute atomic E-state index is 0. The quantitative estimate of drug-likeness (QED) is 0.789. The van der Waals surface area contributed by atoms with E-state index in [1.54, 1.807) is 0 Å². The third-order valence-corrected chi connectivity index (χ3v) is 3.05. The molecular formula is C14H18ClF3N2O3. The number of hydrogen-bond acceptors (Lipinski definition) is 4. The van der Waals surface area contributed by atoms with Crippen molar-refractivity contribution in [3.8, 4) is 5.75 Å². The Labute approximate surface area is 137 Å². The highest BCUT2D eigenvalue weighted by Crippen LogP contribution is 2.31. The Morgan fingerprint density at radius 2 is 2.22 bits per heavy atom. The second-order valence-corrected chi connectivity index (χ2v) is 4.73. The van der Waals surface area contributed by atoms with E-state index < -0.39 is 17.8 Å². The number of hydrogen-bond donors (Lipinski definition) is 2. The van der Waals surface area contributed by atoms with Crippen molar-refractivity contribution in [3.63, 3.8) is 0 Å². The van der Waals surface area contributed by atoms with Crippen molar-refractivity contribution in [2.24, 2.45) is 0 Å². The summed E-state index contributed by atoms with van der Waals surface area (Å²) in [5, 5.41) is 5.65. The Morgan fingerprint density at radius 3 is 2.87 bits per heavy atom. The summed E-state index contributed by atoms with van der Waals surface area (Å²) in [6.07, 6.45) is -4.94. The summed E-state index contributed by atoms with van der Waals surface area (Å²) in [7, 11) is 0. The van der Waals surface area contributed by atoms with Crippen molar-refractivity contribution in [3.05, 3.63) is 29.8 Å². The SMILES string of the molecule is Cl.O=C(NCCOc1cccc(C(F)(F)F)c1)C1CNCCO1. The Hall–Kier alpha value is -1.51. The molecule has 1 amide bonds.